The van der Waals surface area contributed by atoms with Crippen molar-refractivity contribution in [1.82, 2.24) is 0 Å². The van der Waals surface area contributed by atoms with Crippen LogP contribution in [0.15, 0.2) is 30.3 Å². The summed E-state index contributed by atoms with van der Waals surface area (Å²) in [6, 6.07) is 11.1. The molecule has 0 saturated heterocycles. The Kier molecular flexibility index (Phi) is 28.1. The third-order valence-corrected chi connectivity index (χ3v) is 5.47. The fraction of sp³-hybridized carbons (Fsp3) is 0.613. The van der Waals surface area contributed by atoms with Gasteiger partial charge in [0.15, 0.2) is 0 Å². The summed E-state index contributed by atoms with van der Waals surface area (Å²) in [6.45, 7) is 26.6. The van der Waals surface area contributed by atoms with E-state index in [-0.39, 0.29) is 14.0 Å². The van der Waals surface area contributed by atoms with Gasteiger partial charge in [0.05, 0.1) is 0 Å². The smallest absolute Gasteiger partial charge is 0.0462 e. The molecule has 0 amide bonds. The second-order valence-corrected chi connectivity index (χ2v) is 7.09. The minimum Gasteiger partial charge on any atom is -0.396 e. The lowest BCUT2D eigenvalue weighted by Gasteiger charge is -2.32. The Bertz CT molecular complexity index is 706. The number of hydrogen-bond acceptors (Lipinski definition) is 1. The van der Waals surface area contributed by atoms with E-state index >= 15 is 0 Å². The molecule has 0 saturated carbocycles. The molecule has 2 atom stereocenters. The zero-order valence-electron chi connectivity index (χ0n) is 23.5. The molecule has 1 unspecified atom stereocenters. The Morgan fingerprint density at radius 1 is 0.758 bits per heavy atom. The van der Waals surface area contributed by atoms with E-state index in [0.29, 0.717) is 11.8 Å². The molecule has 1 aliphatic carbocycles. The first kappa shape index (κ1) is 38.9. The van der Waals surface area contributed by atoms with Crippen LogP contribution in [0.5, 0.6) is 0 Å². The highest BCUT2D eigenvalue weighted by atomic mass is 35.5. The summed E-state index contributed by atoms with van der Waals surface area (Å²) in [5.74, 6) is 0.665. The lowest BCUT2D eigenvalue weighted by Crippen LogP contribution is -2.22. The topological polar surface area (TPSA) is 20.2 Å². The van der Waals surface area contributed by atoms with Gasteiger partial charge in [-0.25, -0.2) is 0 Å². The van der Waals surface area contributed by atoms with Gasteiger partial charge in [-0.3, -0.25) is 0 Å². The van der Waals surface area contributed by atoms with E-state index in [4.69, 9.17) is 11.6 Å². The third-order valence-electron chi connectivity index (χ3n) is 5.07. The van der Waals surface area contributed by atoms with Gasteiger partial charge in [-0.15, -0.1) is 0 Å². The Labute approximate surface area is 214 Å². The molecular formula is C31H57ClO. The number of aliphatic hydroxyl groups excluding tert-OH is 1. The van der Waals surface area contributed by atoms with Gasteiger partial charge in [-0.1, -0.05) is 113 Å². The average molecular weight is 481 g/mol. The van der Waals surface area contributed by atoms with Crippen LogP contribution in [0.3, 0.4) is 0 Å². The maximum atomic E-state index is 9.68. The first-order chi connectivity index (χ1) is 15.5. The normalized spacial score (nSPS) is 14.8. The molecule has 0 aromatic heterocycles. The van der Waals surface area contributed by atoms with Gasteiger partial charge >= 0.3 is 0 Å². The van der Waals surface area contributed by atoms with Crippen molar-refractivity contribution < 1.29 is 5.11 Å². The van der Waals surface area contributed by atoms with E-state index in [2.05, 4.69) is 51.1 Å². The van der Waals surface area contributed by atoms with Crippen LogP contribution in [-0.2, 0) is 6.42 Å². The van der Waals surface area contributed by atoms with Crippen molar-refractivity contribution in [3.8, 4) is 0 Å². The fourth-order valence-corrected chi connectivity index (χ4v) is 3.72. The summed E-state index contributed by atoms with van der Waals surface area (Å²) in [4.78, 5) is 0. The molecule has 1 N–H and O–H groups in total. The Balaban J connectivity index is -0.000000340. The average Bonchev–Trinajstić information content (AvgIpc) is 2.87. The summed E-state index contributed by atoms with van der Waals surface area (Å²) in [5, 5.41) is 10.5. The Morgan fingerprint density at radius 3 is 1.73 bits per heavy atom. The van der Waals surface area contributed by atoms with Crippen LogP contribution in [0.4, 0.5) is 0 Å². The molecule has 194 valence electrons. The summed E-state index contributed by atoms with van der Waals surface area (Å²) in [6.07, 6.45) is 1.94. The minimum atomic E-state index is 0. The number of aryl methyl sites for hydroxylation is 3. The lowest BCUT2D eigenvalue weighted by molar-refractivity contribution is 0.208. The number of benzene rings is 2. The van der Waals surface area contributed by atoms with Crippen LogP contribution in [0.1, 0.15) is 122 Å². The quantitative estimate of drug-likeness (QED) is 0.452. The second kappa shape index (κ2) is 23.8. The summed E-state index contributed by atoms with van der Waals surface area (Å²) in [7, 11) is 0. The summed E-state index contributed by atoms with van der Waals surface area (Å²) >= 11 is 6.38. The van der Waals surface area contributed by atoms with E-state index in [1.54, 1.807) is 0 Å². The third kappa shape index (κ3) is 12.1. The highest BCUT2D eigenvalue weighted by molar-refractivity contribution is 6.31. The molecule has 0 radical (unpaired) electrons. The van der Waals surface area contributed by atoms with Gasteiger partial charge in [0, 0.05) is 17.5 Å². The highest BCUT2D eigenvalue weighted by Gasteiger charge is 2.28. The first-order valence-corrected chi connectivity index (χ1v) is 13.3. The molecule has 2 aromatic rings. The second-order valence-electron chi connectivity index (χ2n) is 6.68. The molecule has 1 nitrogen and oxygen atoms in total. The van der Waals surface area contributed by atoms with Crippen LogP contribution in [0, 0.1) is 26.7 Å². The van der Waals surface area contributed by atoms with Crippen molar-refractivity contribution in [3.05, 3.63) is 68.7 Å². The number of halogens is 1. The van der Waals surface area contributed by atoms with E-state index in [1.165, 1.54) is 27.8 Å². The molecular weight excluding hydrogens is 424 g/mol. The van der Waals surface area contributed by atoms with Gasteiger partial charge < -0.3 is 5.11 Å². The monoisotopic (exact) mass is 480 g/mol. The van der Waals surface area contributed by atoms with E-state index < -0.39 is 0 Å². The van der Waals surface area contributed by atoms with Crippen molar-refractivity contribution in [3.63, 3.8) is 0 Å². The molecule has 3 rings (SSSR count). The van der Waals surface area contributed by atoms with Crippen LogP contribution in [-0.4, -0.2) is 11.7 Å². The van der Waals surface area contributed by atoms with E-state index in [1.807, 2.05) is 69.2 Å². The number of hydrogen-bond donors (Lipinski definition) is 1. The SMILES string of the molecule is C.CC.CC.CC.CC.CC.Cc1ccc(C2C[C@@H](CO)Cc3cc(C)c(Cl)cc32)cc1C. The molecule has 33 heavy (non-hydrogen) atoms. The van der Waals surface area contributed by atoms with Gasteiger partial charge in [-0.05, 0) is 79.0 Å². The molecule has 0 fully saturated rings. The molecule has 2 aromatic carbocycles. The maximum Gasteiger partial charge on any atom is 0.0462 e. The Morgan fingerprint density at radius 2 is 1.27 bits per heavy atom. The van der Waals surface area contributed by atoms with Gasteiger partial charge in [0.1, 0.15) is 0 Å². The lowest BCUT2D eigenvalue weighted by atomic mass is 9.73. The zero-order chi connectivity index (χ0) is 25.9. The van der Waals surface area contributed by atoms with Gasteiger partial charge in [0.25, 0.3) is 0 Å². The minimum absolute atomic E-state index is 0. The molecule has 0 aliphatic heterocycles. The van der Waals surface area contributed by atoms with E-state index in [0.717, 1.165) is 23.4 Å². The molecule has 1 aliphatic rings. The number of rotatable bonds is 2. The molecule has 0 heterocycles. The number of aliphatic hydroxyl groups is 1. The van der Waals surface area contributed by atoms with Gasteiger partial charge in [0.2, 0.25) is 0 Å². The molecule has 2 heteroatoms. The van der Waals surface area contributed by atoms with E-state index in [9.17, 15) is 5.11 Å². The Hall–Kier alpha value is -1.31. The highest BCUT2D eigenvalue weighted by Crippen LogP contribution is 2.41. The molecule has 0 spiro atoms. The standard InChI is InChI=1S/C20H23ClO.5C2H6.CH4/c1-12-4-5-16(6-13(12)2)18-9-15(11-22)8-17-7-14(3)20(21)10-19(17)18;5*1-2;/h4-7,10,15,18,22H,8-9,11H2,1-3H3;5*1-2H3;1H4/t15-,18?;;;;;;/m0....../s1. The summed E-state index contributed by atoms with van der Waals surface area (Å²) in [5.41, 5.74) is 7.78. The molecule has 0 bridgehead atoms. The van der Waals surface area contributed by atoms with Crippen molar-refractivity contribution in [2.45, 2.75) is 116 Å². The largest absolute Gasteiger partial charge is 0.396 e. The van der Waals surface area contributed by atoms with Crippen molar-refractivity contribution in [1.29, 1.82) is 0 Å². The van der Waals surface area contributed by atoms with Crippen LogP contribution in [0.2, 0.25) is 5.02 Å². The maximum absolute atomic E-state index is 9.68. The van der Waals surface area contributed by atoms with Crippen LogP contribution >= 0.6 is 11.6 Å². The van der Waals surface area contributed by atoms with Crippen LogP contribution in [0.25, 0.3) is 0 Å². The predicted molar refractivity (Wildman–Crippen MR) is 156 cm³/mol. The number of fused-ring (bicyclic) bond motifs is 1. The van der Waals surface area contributed by atoms with Crippen molar-refractivity contribution >= 4 is 11.6 Å². The van der Waals surface area contributed by atoms with Crippen molar-refractivity contribution in [2.75, 3.05) is 6.61 Å². The van der Waals surface area contributed by atoms with Crippen LogP contribution < -0.4 is 0 Å². The summed E-state index contributed by atoms with van der Waals surface area (Å²) < 4.78 is 0. The van der Waals surface area contributed by atoms with Crippen molar-refractivity contribution in [2.24, 2.45) is 5.92 Å². The van der Waals surface area contributed by atoms with Gasteiger partial charge in [-0.2, -0.15) is 0 Å². The first-order valence-electron chi connectivity index (χ1n) is 13.0. The zero-order valence-corrected chi connectivity index (χ0v) is 24.2. The predicted octanol–water partition coefficient (Wildman–Crippen LogP) is 10.7. The fourth-order valence-electron chi connectivity index (χ4n) is 3.55.